The van der Waals surface area contributed by atoms with Crippen LogP contribution in [0, 0.1) is 6.92 Å². The van der Waals surface area contributed by atoms with Crippen molar-refractivity contribution in [3.05, 3.63) is 77.3 Å². The highest BCUT2D eigenvalue weighted by atomic mass is 35.5. The predicted octanol–water partition coefficient (Wildman–Crippen LogP) is 4.56. The molecule has 0 aliphatic rings. The van der Waals surface area contributed by atoms with Crippen molar-refractivity contribution in [1.82, 2.24) is 9.97 Å². The van der Waals surface area contributed by atoms with Crippen molar-refractivity contribution in [2.24, 2.45) is 0 Å². The Balaban J connectivity index is 1.71. The van der Waals surface area contributed by atoms with Gasteiger partial charge in [0.25, 0.3) is 10.0 Å². The Kier molecular flexibility index (Phi) is 5.12. The molecule has 0 aliphatic carbocycles. The van der Waals surface area contributed by atoms with Crippen molar-refractivity contribution in [2.45, 2.75) is 18.4 Å². The van der Waals surface area contributed by atoms with E-state index in [9.17, 15) is 8.42 Å². The van der Waals surface area contributed by atoms with Crippen molar-refractivity contribution in [3.8, 4) is 5.88 Å². The van der Waals surface area contributed by atoms with E-state index in [1.165, 1.54) is 12.3 Å². The predicted molar refractivity (Wildman–Crippen MR) is 110 cm³/mol. The van der Waals surface area contributed by atoms with Gasteiger partial charge < -0.3 is 9.15 Å². The minimum Gasteiger partial charge on any atom is -0.471 e. The molecule has 0 radical (unpaired) electrons. The van der Waals surface area contributed by atoms with Crippen LogP contribution in [0.25, 0.3) is 11.1 Å². The molecule has 9 heteroatoms. The highest BCUT2D eigenvalue weighted by molar-refractivity contribution is 7.92. The molecule has 7 nitrogen and oxygen atoms in total. The van der Waals surface area contributed by atoms with Crippen LogP contribution in [0.4, 0.5) is 5.69 Å². The van der Waals surface area contributed by atoms with Crippen molar-refractivity contribution < 1.29 is 17.6 Å². The number of anilines is 1. The SMILES string of the molecule is Cc1c(Cl)cccc1S(=O)(=O)Nc1cc2occc2nc1OCc1cccnc1. The molecule has 3 heterocycles. The Morgan fingerprint density at radius 2 is 2.07 bits per heavy atom. The van der Waals surface area contributed by atoms with Crippen LogP contribution >= 0.6 is 11.6 Å². The summed E-state index contributed by atoms with van der Waals surface area (Å²) in [6.07, 6.45) is 4.80. The molecule has 148 valence electrons. The molecule has 0 fully saturated rings. The highest BCUT2D eigenvalue weighted by Crippen LogP contribution is 2.31. The third-order valence-corrected chi connectivity index (χ3v) is 6.17. The van der Waals surface area contributed by atoms with E-state index in [4.69, 9.17) is 20.8 Å². The number of nitrogens with zero attached hydrogens (tertiary/aromatic N) is 2. The van der Waals surface area contributed by atoms with E-state index < -0.39 is 10.0 Å². The smallest absolute Gasteiger partial charge is 0.262 e. The number of sulfonamides is 1. The zero-order valence-electron chi connectivity index (χ0n) is 15.3. The number of benzene rings is 1. The number of nitrogens with one attached hydrogen (secondary N) is 1. The molecule has 0 amide bonds. The second-order valence-electron chi connectivity index (χ2n) is 6.26. The fourth-order valence-corrected chi connectivity index (χ4v) is 4.32. The Labute approximate surface area is 172 Å². The summed E-state index contributed by atoms with van der Waals surface area (Å²) >= 11 is 6.08. The van der Waals surface area contributed by atoms with Gasteiger partial charge in [-0.2, -0.15) is 0 Å². The van der Waals surface area contributed by atoms with Crippen LogP contribution < -0.4 is 9.46 Å². The molecule has 0 aliphatic heterocycles. The quantitative estimate of drug-likeness (QED) is 0.482. The largest absolute Gasteiger partial charge is 0.471 e. The second-order valence-corrected chi connectivity index (χ2v) is 8.32. The molecule has 0 atom stereocenters. The summed E-state index contributed by atoms with van der Waals surface area (Å²) in [6, 6.07) is 11.6. The van der Waals surface area contributed by atoms with Gasteiger partial charge in [-0.05, 0) is 30.7 Å². The van der Waals surface area contributed by atoms with E-state index in [0.717, 1.165) is 5.56 Å². The topological polar surface area (TPSA) is 94.3 Å². The number of halogens is 1. The lowest BCUT2D eigenvalue weighted by Gasteiger charge is -2.14. The summed E-state index contributed by atoms with van der Waals surface area (Å²) < 4.78 is 39.6. The number of ether oxygens (including phenoxy) is 1. The molecule has 0 unspecified atom stereocenters. The Bertz CT molecular complexity index is 1270. The molecular formula is C20H16ClN3O4S. The van der Waals surface area contributed by atoms with Gasteiger partial charge in [0.1, 0.15) is 17.8 Å². The van der Waals surface area contributed by atoms with Crippen molar-refractivity contribution in [3.63, 3.8) is 0 Å². The summed E-state index contributed by atoms with van der Waals surface area (Å²) in [6.45, 7) is 1.82. The molecule has 4 rings (SSSR count). The van der Waals surface area contributed by atoms with Gasteiger partial charge >= 0.3 is 0 Å². The molecule has 1 N–H and O–H groups in total. The van der Waals surface area contributed by atoms with Gasteiger partial charge in [0.15, 0.2) is 5.58 Å². The van der Waals surface area contributed by atoms with Gasteiger partial charge in [0.05, 0.1) is 11.2 Å². The van der Waals surface area contributed by atoms with Crippen LogP contribution in [0.2, 0.25) is 5.02 Å². The van der Waals surface area contributed by atoms with Crippen LogP contribution in [0.15, 0.2) is 70.4 Å². The summed E-state index contributed by atoms with van der Waals surface area (Å²) in [5, 5.41) is 0.362. The van der Waals surface area contributed by atoms with Crippen molar-refractivity contribution in [2.75, 3.05) is 4.72 Å². The van der Waals surface area contributed by atoms with E-state index in [2.05, 4.69) is 14.7 Å². The number of aromatic nitrogens is 2. The van der Waals surface area contributed by atoms with Gasteiger partial charge in [-0.3, -0.25) is 9.71 Å². The van der Waals surface area contributed by atoms with Crippen molar-refractivity contribution >= 4 is 38.4 Å². The van der Waals surface area contributed by atoms with Crippen LogP contribution in [0.3, 0.4) is 0 Å². The van der Waals surface area contributed by atoms with Crippen LogP contribution in [0.1, 0.15) is 11.1 Å². The number of hydrogen-bond acceptors (Lipinski definition) is 6. The van der Waals surface area contributed by atoms with E-state index in [0.29, 0.717) is 21.7 Å². The Morgan fingerprint density at radius 1 is 1.21 bits per heavy atom. The lowest BCUT2D eigenvalue weighted by atomic mass is 10.2. The number of furan rings is 1. The molecule has 0 bridgehead atoms. The first-order valence-corrected chi connectivity index (χ1v) is 10.5. The molecule has 0 spiro atoms. The van der Waals surface area contributed by atoms with E-state index in [1.54, 1.807) is 49.6 Å². The highest BCUT2D eigenvalue weighted by Gasteiger charge is 2.22. The maximum absolute atomic E-state index is 13.0. The van der Waals surface area contributed by atoms with Crippen LogP contribution in [-0.2, 0) is 16.6 Å². The monoisotopic (exact) mass is 429 g/mol. The fourth-order valence-electron chi connectivity index (χ4n) is 2.77. The Morgan fingerprint density at radius 3 is 2.86 bits per heavy atom. The average Bonchev–Trinajstić information content (AvgIpc) is 3.16. The molecular weight excluding hydrogens is 414 g/mol. The zero-order chi connectivity index (χ0) is 20.4. The van der Waals surface area contributed by atoms with Gasteiger partial charge in [0, 0.05) is 35.1 Å². The summed E-state index contributed by atoms with van der Waals surface area (Å²) in [7, 11) is -3.93. The average molecular weight is 430 g/mol. The number of rotatable bonds is 6. The third-order valence-electron chi connectivity index (χ3n) is 4.25. The molecule has 29 heavy (non-hydrogen) atoms. The Hall–Kier alpha value is -3.10. The maximum atomic E-state index is 13.0. The number of pyridine rings is 2. The molecule has 1 aromatic carbocycles. The van der Waals surface area contributed by atoms with Gasteiger partial charge in [-0.15, -0.1) is 0 Å². The minimum absolute atomic E-state index is 0.0720. The first-order valence-electron chi connectivity index (χ1n) is 8.62. The van der Waals surface area contributed by atoms with E-state index >= 15 is 0 Å². The zero-order valence-corrected chi connectivity index (χ0v) is 16.9. The van der Waals surface area contributed by atoms with Crippen LogP contribution in [-0.4, -0.2) is 18.4 Å². The lowest BCUT2D eigenvalue weighted by Crippen LogP contribution is -2.15. The molecule has 4 aromatic rings. The summed E-state index contributed by atoms with van der Waals surface area (Å²) in [5.74, 6) is 0.131. The van der Waals surface area contributed by atoms with E-state index in [1.807, 2.05) is 6.07 Å². The fraction of sp³-hybridized carbons (Fsp3) is 0.100. The van der Waals surface area contributed by atoms with Gasteiger partial charge in [0.2, 0.25) is 5.88 Å². The molecule has 3 aromatic heterocycles. The standard InChI is InChI=1S/C20H16ClN3O4S/c1-13-15(21)5-2-6-19(13)29(25,26)24-17-10-18-16(7-9-27-18)23-20(17)28-12-14-4-3-8-22-11-14/h2-11,24H,12H2,1H3. The first kappa shape index (κ1) is 19.2. The van der Waals surface area contributed by atoms with E-state index in [-0.39, 0.29) is 23.1 Å². The number of fused-ring (bicyclic) bond motifs is 1. The van der Waals surface area contributed by atoms with Gasteiger partial charge in [-0.1, -0.05) is 23.7 Å². The van der Waals surface area contributed by atoms with Crippen LogP contribution in [0.5, 0.6) is 5.88 Å². The van der Waals surface area contributed by atoms with Crippen molar-refractivity contribution in [1.29, 1.82) is 0 Å². The summed E-state index contributed by atoms with van der Waals surface area (Å²) in [4.78, 5) is 8.49. The molecule has 0 saturated heterocycles. The minimum atomic E-state index is -3.93. The first-order chi connectivity index (χ1) is 13.9. The lowest BCUT2D eigenvalue weighted by molar-refractivity contribution is 0.296. The normalized spacial score (nSPS) is 11.5. The second kappa shape index (κ2) is 7.73. The molecule has 0 saturated carbocycles. The van der Waals surface area contributed by atoms with Gasteiger partial charge in [-0.25, -0.2) is 13.4 Å². The number of hydrogen-bond donors (Lipinski definition) is 1. The maximum Gasteiger partial charge on any atom is 0.262 e. The summed E-state index contributed by atoms with van der Waals surface area (Å²) in [5.41, 5.74) is 2.41. The third kappa shape index (κ3) is 4.03.